The minimum absolute atomic E-state index is 0.0797. The Morgan fingerprint density at radius 3 is 3.11 bits per heavy atom. The van der Waals surface area contributed by atoms with Crippen molar-refractivity contribution < 1.29 is 9.53 Å². The van der Waals surface area contributed by atoms with Crippen LogP contribution in [0.5, 0.6) is 0 Å². The Morgan fingerprint density at radius 2 is 2.42 bits per heavy atom. The Labute approximate surface area is 119 Å². The summed E-state index contributed by atoms with van der Waals surface area (Å²) in [4.78, 5) is 23.5. The maximum atomic E-state index is 11.8. The van der Waals surface area contributed by atoms with Gasteiger partial charge in [-0.25, -0.2) is 4.79 Å². The third kappa shape index (κ3) is 3.81. The molecule has 0 saturated carbocycles. The lowest BCUT2D eigenvalue weighted by molar-refractivity contribution is 0.112. The van der Waals surface area contributed by atoms with Gasteiger partial charge in [0.15, 0.2) is 0 Å². The van der Waals surface area contributed by atoms with Gasteiger partial charge in [-0.1, -0.05) is 0 Å². The Balaban J connectivity index is 1.93. The molecule has 2 rings (SSSR count). The summed E-state index contributed by atoms with van der Waals surface area (Å²) in [7, 11) is 1.63. The van der Waals surface area contributed by atoms with Gasteiger partial charge >= 0.3 is 6.03 Å². The number of hydrogen-bond acceptors (Lipinski definition) is 3. The summed E-state index contributed by atoms with van der Waals surface area (Å²) >= 11 is 3.28. The van der Waals surface area contributed by atoms with E-state index in [1.54, 1.807) is 19.3 Å². The number of rotatable bonds is 3. The molecule has 1 fully saturated rings. The number of carbonyl (C=O) groups is 1. The van der Waals surface area contributed by atoms with Crippen molar-refractivity contribution in [2.24, 2.45) is 7.05 Å². The standard InChI is InChI=1S/C12H16BrN3O3/c1-16-7-8(13)5-10(11(16)17)15-12(18)14-6-9-3-2-4-19-9/h5,7,9H,2-4,6H2,1H3,(H2,14,15,18). The molecule has 0 bridgehead atoms. The molecule has 1 aromatic heterocycles. The van der Waals surface area contributed by atoms with Crippen LogP contribution >= 0.6 is 15.9 Å². The summed E-state index contributed by atoms with van der Waals surface area (Å²) in [6.45, 7) is 1.21. The van der Waals surface area contributed by atoms with Crippen molar-refractivity contribution in [3.05, 3.63) is 27.1 Å². The maximum Gasteiger partial charge on any atom is 0.319 e. The van der Waals surface area contributed by atoms with E-state index in [9.17, 15) is 9.59 Å². The second-order valence-electron chi connectivity index (χ2n) is 4.46. The molecule has 1 saturated heterocycles. The lowest BCUT2D eigenvalue weighted by atomic mass is 10.2. The average molecular weight is 330 g/mol. The lowest BCUT2D eigenvalue weighted by Gasteiger charge is -2.12. The molecule has 2 N–H and O–H groups in total. The minimum Gasteiger partial charge on any atom is -0.376 e. The van der Waals surface area contributed by atoms with Crippen LogP contribution in [0.1, 0.15) is 12.8 Å². The predicted molar refractivity (Wildman–Crippen MR) is 75.4 cm³/mol. The van der Waals surface area contributed by atoms with E-state index in [2.05, 4.69) is 26.6 Å². The number of nitrogens with zero attached hydrogens (tertiary/aromatic N) is 1. The van der Waals surface area contributed by atoms with E-state index in [1.165, 1.54) is 4.57 Å². The molecule has 0 aromatic carbocycles. The number of halogens is 1. The van der Waals surface area contributed by atoms with Crippen LogP contribution in [0.4, 0.5) is 10.5 Å². The Hall–Kier alpha value is -1.34. The van der Waals surface area contributed by atoms with Gasteiger partial charge in [-0.05, 0) is 34.8 Å². The lowest BCUT2D eigenvalue weighted by Crippen LogP contribution is -2.36. The summed E-state index contributed by atoms with van der Waals surface area (Å²) in [5.41, 5.74) is -0.0165. The molecule has 2 heterocycles. The number of hydrogen-bond donors (Lipinski definition) is 2. The van der Waals surface area contributed by atoms with Gasteiger partial charge < -0.3 is 19.9 Å². The molecule has 7 heteroatoms. The number of carbonyl (C=O) groups excluding carboxylic acids is 1. The summed E-state index contributed by atoms with van der Waals surface area (Å²) in [6, 6.07) is 1.18. The van der Waals surface area contributed by atoms with Crippen LogP contribution in [0.25, 0.3) is 0 Å². The summed E-state index contributed by atoms with van der Waals surface area (Å²) < 4.78 is 7.53. The molecule has 2 amide bonds. The fourth-order valence-corrected chi connectivity index (χ4v) is 2.47. The zero-order valence-electron chi connectivity index (χ0n) is 10.6. The number of nitrogens with one attached hydrogen (secondary N) is 2. The van der Waals surface area contributed by atoms with Gasteiger partial charge in [0.25, 0.3) is 5.56 Å². The van der Waals surface area contributed by atoms with E-state index < -0.39 is 6.03 Å². The number of aromatic nitrogens is 1. The van der Waals surface area contributed by atoms with Crippen molar-refractivity contribution in [1.82, 2.24) is 9.88 Å². The largest absolute Gasteiger partial charge is 0.376 e. The first-order valence-electron chi connectivity index (χ1n) is 6.09. The number of anilines is 1. The topological polar surface area (TPSA) is 72.4 Å². The SMILES string of the molecule is Cn1cc(Br)cc(NC(=O)NCC2CCCO2)c1=O. The third-order valence-corrected chi connectivity index (χ3v) is 3.35. The van der Waals surface area contributed by atoms with Crippen molar-refractivity contribution >= 4 is 27.6 Å². The molecule has 1 aromatic rings. The van der Waals surface area contributed by atoms with Crippen LogP contribution in [-0.4, -0.2) is 29.9 Å². The fraction of sp³-hybridized carbons (Fsp3) is 0.500. The van der Waals surface area contributed by atoms with E-state index >= 15 is 0 Å². The minimum atomic E-state index is -0.397. The first kappa shape index (κ1) is 14.1. The van der Waals surface area contributed by atoms with Crippen LogP contribution in [0.15, 0.2) is 21.5 Å². The van der Waals surface area contributed by atoms with Crippen molar-refractivity contribution in [1.29, 1.82) is 0 Å². The molecule has 0 spiro atoms. The monoisotopic (exact) mass is 329 g/mol. The second kappa shape index (κ2) is 6.21. The van der Waals surface area contributed by atoms with Crippen molar-refractivity contribution in [2.45, 2.75) is 18.9 Å². The van der Waals surface area contributed by atoms with Crippen molar-refractivity contribution in [3.8, 4) is 0 Å². The van der Waals surface area contributed by atoms with Crippen LogP contribution < -0.4 is 16.2 Å². The molecular formula is C12H16BrN3O3. The number of aryl methyl sites for hydroxylation is 1. The molecular weight excluding hydrogens is 314 g/mol. The molecule has 1 aliphatic rings. The molecule has 0 aliphatic carbocycles. The number of urea groups is 1. The average Bonchev–Trinajstić information content (AvgIpc) is 2.86. The zero-order valence-corrected chi connectivity index (χ0v) is 12.2. The molecule has 1 aliphatic heterocycles. The van der Waals surface area contributed by atoms with E-state index in [4.69, 9.17) is 4.74 Å². The molecule has 19 heavy (non-hydrogen) atoms. The third-order valence-electron chi connectivity index (χ3n) is 2.91. The molecule has 0 radical (unpaired) electrons. The number of ether oxygens (including phenoxy) is 1. The van der Waals surface area contributed by atoms with Gasteiger partial charge in [0.2, 0.25) is 0 Å². The summed E-state index contributed by atoms with van der Waals surface area (Å²) in [6.07, 6.45) is 3.70. The highest BCUT2D eigenvalue weighted by atomic mass is 79.9. The van der Waals surface area contributed by atoms with Crippen molar-refractivity contribution in [3.63, 3.8) is 0 Å². The highest BCUT2D eigenvalue weighted by molar-refractivity contribution is 9.10. The Kier molecular flexibility index (Phi) is 4.60. The molecule has 1 unspecified atom stereocenters. The maximum absolute atomic E-state index is 11.8. The second-order valence-corrected chi connectivity index (χ2v) is 5.37. The van der Waals surface area contributed by atoms with E-state index in [0.717, 1.165) is 23.9 Å². The van der Waals surface area contributed by atoms with Crippen LogP contribution in [0, 0.1) is 0 Å². The van der Waals surface area contributed by atoms with Crippen LogP contribution in [-0.2, 0) is 11.8 Å². The van der Waals surface area contributed by atoms with E-state index in [0.29, 0.717) is 6.54 Å². The van der Waals surface area contributed by atoms with Gasteiger partial charge in [0, 0.05) is 30.9 Å². The van der Waals surface area contributed by atoms with Gasteiger partial charge in [-0.3, -0.25) is 4.79 Å². The quantitative estimate of drug-likeness (QED) is 0.881. The summed E-state index contributed by atoms with van der Waals surface area (Å²) in [5.74, 6) is 0. The Bertz CT molecular complexity index is 523. The fourth-order valence-electron chi connectivity index (χ4n) is 1.94. The first-order valence-corrected chi connectivity index (χ1v) is 6.88. The van der Waals surface area contributed by atoms with Crippen LogP contribution in [0.3, 0.4) is 0 Å². The molecule has 6 nitrogen and oxygen atoms in total. The van der Waals surface area contributed by atoms with Crippen LogP contribution in [0.2, 0.25) is 0 Å². The number of amides is 2. The van der Waals surface area contributed by atoms with E-state index in [-0.39, 0.29) is 17.4 Å². The summed E-state index contributed by atoms with van der Waals surface area (Å²) in [5, 5.41) is 5.25. The van der Waals surface area contributed by atoms with Gasteiger partial charge in [-0.15, -0.1) is 0 Å². The zero-order chi connectivity index (χ0) is 13.8. The number of pyridine rings is 1. The predicted octanol–water partition coefficient (Wildman–Crippen LogP) is 1.45. The highest BCUT2D eigenvalue weighted by Crippen LogP contribution is 2.12. The van der Waals surface area contributed by atoms with E-state index in [1.807, 2.05) is 0 Å². The van der Waals surface area contributed by atoms with Gasteiger partial charge in [-0.2, -0.15) is 0 Å². The highest BCUT2D eigenvalue weighted by Gasteiger charge is 2.16. The normalized spacial score (nSPS) is 18.3. The van der Waals surface area contributed by atoms with Gasteiger partial charge in [0.1, 0.15) is 5.69 Å². The smallest absolute Gasteiger partial charge is 0.319 e. The van der Waals surface area contributed by atoms with Crippen molar-refractivity contribution in [2.75, 3.05) is 18.5 Å². The molecule has 1 atom stereocenters. The van der Waals surface area contributed by atoms with Gasteiger partial charge in [0.05, 0.1) is 6.10 Å². The Morgan fingerprint density at radius 1 is 1.63 bits per heavy atom. The molecule has 104 valence electrons. The first-order chi connectivity index (χ1) is 9.06.